The maximum atomic E-state index is 14.7. The lowest BCUT2D eigenvalue weighted by Gasteiger charge is -2.38. The summed E-state index contributed by atoms with van der Waals surface area (Å²) in [5.41, 5.74) is 1.03. The molecule has 1 aromatic rings. The van der Waals surface area contributed by atoms with E-state index in [1.807, 2.05) is 45.0 Å². The standard InChI is InChI=1S/C35H50N4O5S/c1-4-16-37(20-19-36-21-24-44-25-22-36)33(43)30-35-15-14-34(3,45-35)28(29(35)32(42)39(30)18-10-7-11-23-40)31(41)38(17-5-2)26-27-12-8-6-9-13-27/h4-6,8-9,12-13,28-30,40H,1-2,7,10-11,14-26H2,3H3/t28-,29-,30?,34+,35?/m0/s1. The van der Waals surface area contributed by atoms with Crippen molar-refractivity contribution in [3.05, 3.63) is 61.2 Å². The number of benzene rings is 1. The lowest BCUT2D eigenvalue weighted by atomic mass is 9.66. The third-order valence-electron chi connectivity index (χ3n) is 10.2. The minimum absolute atomic E-state index is 0.0303. The summed E-state index contributed by atoms with van der Waals surface area (Å²) in [4.78, 5) is 51.7. The number of nitrogens with zero attached hydrogens (tertiary/aromatic N) is 4. The first kappa shape index (κ1) is 33.7. The van der Waals surface area contributed by atoms with Gasteiger partial charge in [-0.05, 0) is 44.6 Å². The molecule has 4 aliphatic heterocycles. The van der Waals surface area contributed by atoms with Gasteiger partial charge in [-0.1, -0.05) is 42.5 Å². The van der Waals surface area contributed by atoms with Gasteiger partial charge in [0, 0.05) is 63.7 Å². The Bertz CT molecular complexity index is 1230. The molecule has 4 saturated heterocycles. The van der Waals surface area contributed by atoms with E-state index >= 15 is 0 Å². The zero-order valence-corrected chi connectivity index (χ0v) is 27.6. The van der Waals surface area contributed by atoms with Crippen molar-refractivity contribution in [2.75, 3.05) is 65.6 Å². The fourth-order valence-electron chi connectivity index (χ4n) is 7.99. The fraction of sp³-hybridized carbons (Fsp3) is 0.629. The summed E-state index contributed by atoms with van der Waals surface area (Å²) in [6, 6.07) is 9.28. The van der Waals surface area contributed by atoms with E-state index in [0.717, 1.165) is 44.5 Å². The third-order valence-corrected chi connectivity index (χ3v) is 12.1. The van der Waals surface area contributed by atoms with Gasteiger partial charge in [0.1, 0.15) is 6.04 Å². The number of unbranched alkanes of at least 4 members (excludes halogenated alkanes) is 2. The number of morpholine rings is 1. The van der Waals surface area contributed by atoms with Crippen molar-refractivity contribution in [3.8, 4) is 0 Å². The van der Waals surface area contributed by atoms with Gasteiger partial charge in [0.05, 0.1) is 29.8 Å². The number of amides is 3. The average Bonchev–Trinajstić information content (AvgIpc) is 3.62. The van der Waals surface area contributed by atoms with Crippen LogP contribution in [0.15, 0.2) is 55.6 Å². The highest BCUT2D eigenvalue weighted by molar-refractivity contribution is 8.02. The molecule has 45 heavy (non-hydrogen) atoms. The Morgan fingerprint density at radius 1 is 1.02 bits per heavy atom. The molecule has 1 aromatic carbocycles. The Balaban J connectivity index is 1.45. The SMILES string of the molecule is C=CCN(CCN1CCOCC1)C(=O)C1N(CCCCCO)C(=O)[C@@H]2[C@@H](C(=O)N(CC=C)Cc3ccccc3)[C@@]3(C)CCC12S3. The second kappa shape index (κ2) is 14.8. The van der Waals surface area contributed by atoms with Gasteiger partial charge < -0.3 is 24.5 Å². The van der Waals surface area contributed by atoms with Crippen LogP contribution in [0.5, 0.6) is 0 Å². The van der Waals surface area contributed by atoms with Crippen LogP contribution < -0.4 is 0 Å². The highest BCUT2D eigenvalue weighted by Crippen LogP contribution is 2.71. The quantitative estimate of drug-likeness (QED) is 0.220. The molecule has 0 aliphatic carbocycles. The lowest BCUT2D eigenvalue weighted by molar-refractivity contribution is -0.146. The molecular weight excluding hydrogens is 588 g/mol. The highest BCUT2D eigenvalue weighted by atomic mass is 32.2. The summed E-state index contributed by atoms with van der Waals surface area (Å²) >= 11 is 1.72. The first-order valence-electron chi connectivity index (χ1n) is 16.5. The Morgan fingerprint density at radius 2 is 1.73 bits per heavy atom. The average molecular weight is 639 g/mol. The number of ether oxygens (including phenoxy) is 1. The van der Waals surface area contributed by atoms with Crippen molar-refractivity contribution in [2.24, 2.45) is 11.8 Å². The Hall–Kier alpha value is -2.66. The summed E-state index contributed by atoms with van der Waals surface area (Å²) < 4.78 is 4.41. The highest BCUT2D eigenvalue weighted by Gasteiger charge is 2.77. The van der Waals surface area contributed by atoms with Crippen molar-refractivity contribution < 1.29 is 24.2 Å². The van der Waals surface area contributed by atoms with Crippen LogP contribution in [0.1, 0.15) is 44.6 Å². The van der Waals surface area contributed by atoms with E-state index < -0.39 is 27.4 Å². The minimum Gasteiger partial charge on any atom is -0.396 e. The largest absolute Gasteiger partial charge is 0.396 e. The van der Waals surface area contributed by atoms with Crippen LogP contribution >= 0.6 is 11.8 Å². The number of hydrogen-bond donors (Lipinski definition) is 1. The molecule has 246 valence electrons. The van der Waals surface area contributed by atoms with Crippen LogP contribution in [-0.2, 0) is 25.7 Å². The van der Waals surface area contributed by atoms with E-state index in [1.54, 1.807) is 23.9 Å². The predicted octanol–water partition coefficient (Wildman–Crippen LogP) is 3.19. The Labute approximate surface area is 272 Å². The molecule has 2 unspecified atom stereocenters. The Kier molecular flexibility index (Phi) is 11.1. The lowest BCUT2D eigenvalue weighted by Crippen LogP contribution is -2.56. The molecule has 1 spiro atoms. The predicted molar refractivity (Wildman–Crippen MR) is 177 cm³/mol. The van der Waals surface area contributed by atoms with E-state index in [-0.39, 0.29) is 24.3 Å². The van der Waals surface area contributed by atoms with Crippen LogP contribution in [0, 0.1) is 11.8 Å². The number of hydrogen-bond acceptors (Lipinski definition) is 7. The molecule has 0 radical (unpaired) electrons. The number of carbonyl (C=O) groups excluding carboxylic acids is 3. The summed E-state index contributed by atoms with van der Waals surface area (Å²) in [6.45, 7) is 16.1. The number of thioether (sulfide) groups is 1. The van der Waals surface area contributed by atoms with E-state index in [4.69, 9.17) is 4.74 Å². The fourth-order valence-corrected chi connectivity index (χ4v) is 10.3. The molecule has 0 aromatic heterocycles. The van der Waals surface area contributed by atoms with E-state index in [1.165, 1.54) is 0 Å². The molecule has 0 saturated carbocycles. The molecule has 5 rings (SSSR count). The van der Waals surface area contributed by atoms with Crippen molar-refractivity contribution in [2.45, 2.75) is 61.1 Å². The molecular formula is C35H50N4O5S. The van der Waals surface area contributed by atoms with Crippen molar-refractivity contribution in [1.29, 1.82) is 0 Å². The van der Waals surface area contributed by atoms with E-state index in [0.29, 0.717) is 58.8 Å². The second-order valence-electron chi connectivity index (χ2n) is 13.1. The monoisotopic (exact) mass is 638 g/mol. The van der Waals surface area contributed by atoms with Gasteiger partial charge in [-0.25, -0.2) is 0 Å². The second-order valence-corrected chi connectivity index (χ2v) is 15.0. The Morgan fingerprint density at radius 3 is 2.42 bits per heavy atom. The van der Waals surface area contributed by atoms with Gasteiger partial charge in [0.15, 0.2) is 0 Å². The first-order chi connectivity index (χ1) is 21.8. The van der Waals surface area contributed by atoms with Gasteiger partial charge in [-0.15, -0.1) is 24.9 Å². The van der Waals surface area contributed by atoms with Crippen LogP contribution in [0.25, 0.3) is 0 Å². The number of aliphatic hydroxyl groups is 1. The maximum absolute atomic E-state index is 14.7. The molecule has 2 bridgehead atoms. The summed E-state index contributed by atoms with van der Waals surface area (Å²) in [5.74, 6) is -1.23. The number of fused-ring (bicyclic) bond motifs is 1. The van der Waals surface area contributed by atoms with E-state index in [2.05, 4.69) is 25.0 Å². The van der Waals surface area contributed by atoms with Crippen molar-refractivity contribution in [1.82, 2.24) is 19.6 Å². The zero-order chi connectivity index (χ0) is 32.0. The van der Waals surface area contributed by atoms with Gasteiger partial charge in [0.2, 0.25) is 17.7 Å². The molecule has 1 N–H and O–H groups in total. The van der Waals surface area contributed by atoms with E-state index in [9.17, 15) is 19.5 Å². The molecule has 9 nitrogen and oxygen atoms in total. The van der Waals surface area contributed by atoms with Crippen LogP contribution in [0.3, 0.4) is 0 Å². The topological polar surface area (TPSA) is 93.6 Å². The smallest absolute Gasteiger partial charge is 0.247 e. The van der Waals surface area contributed by atoms with Crippen molar-refractivity contribution >= 4 is 29.5 Å². The van der Waals surface area contributed by atoms with Gasteiger partial charge in [0.25, 0.3) is 0 Å². The molecule has 10 heteroatoms. The minimum atomic E-state index is -0.662. The molecule has 4 fully saturated rings. The summed E-state index contributed by atoms with van der Waals surface area (Å²) in [7, 11) is 0. The van der Waals surface area contributed by atoms with Crippen molar-refractivity contribution in [3.63, 3.8) is 0 Å². The van der Waals surface area contributed by atoms with Gasteiger partial charge in [-0.3, -0.25) is 19.3 Å². The number of rotatable bonds is 16. The number of carbonyl (C=O) groups is 3. The third kappa shape index (κ3) is 6.75. The first-order valence-corrected chi connectivity index (χ1v) is 17.4. The van der Waals surface area contributed by atoms with Crippen LogP contribution in [-0.4, -0.2) is 124 Å². The number of likely N-dealkylation sites (tertiary alicyclic amines) is 1. The molecule has 4 aliphatic rings. The van der Waals surface area contributed by atoms with Gasteiger partial charge in [-0.2, -0.15) is 0 Å². The molecule has 4 heterocycles. The maximum Gasteiger partial charge on any atom is 0.247 e. The van der Waals surface area contributed by atoms with Crippen LogP contribution in [0.2, 0.25) is 0 Å². The molecule has 3 amide bonds. The summed E-state index contributed by atoms with van der Waals surface area (Å²) in [5, 5.41) is 9.38. The summed E-state index contributed by atoms with van der Waals surface area (Å²) in [6.07, 6.45) is 7.14. The molecule has 5 atom stereocenters. The van der Waals surface area contributed by atoms with Gasteiger partial charge >= 0.3 is 0 Å². The van der Waals surface area contributed by atoms with Crippen LogP contribution in [0.4, 0.5) is 0 Å². The number of aliphatic hydroxyl groups excluding tert-OH is 1. The zero-order valence-electron chi connectivity index (χ0n) is 26.8. The normalized spacial score (nSPS) is 29.1.